The smallest absolute Gasteiger partial charge is 0.241 e. The van der Waals surface area contributed by atoms with Crippen LogP contribution < -0.4 is 4.90 Å². The minimum atomic E-state index is -2.14. The molecule has 3 aliphatic rings. The van der Waals surface area contributed by atoms with Crippen LogP contribution >= 0.6 is 0 Å². The van der Waals surface area contributed by atoms with Crippen LogP contribution in [0.5, 0.6) is 0 Å². The zero-order chi connectivity index (χ0) is 24.6. The number of anilines is 1. The van der Waals surface area contributed by atoms with E-state index in [2.05, 4.69) is 0 Å². The lowest BCUT2D eigenvalue weighted by Gasteiger charge is -2.27. The molecule has 2 fully saturated rings. The topological polar surface area (TPSA) is 80.8 Å². The van der Waals surface area contributed by atoms with E-state index in [4.69, 9.17) is 4.74 Å². The van der Waals surface area contributed by atoms with Gasteiger partial charge in [-0.1, -0.05) is 42.5 Å². The second kappa shape index (κ2) is 7.26. The van der Waals surface area contributed by atoms with E-state index in [0.717, 1.165) is 16.0 Å². The molecule has 3 aromatic carbocycles. The molecule has 7 heteroatoms. The summed E-state index contributed by atoms with van der Waals surface area (Å²) in [4.78, 5) is 56.2. The van der Waals surface area contributed by atoms with Crippen molar-refractivity contribution < 1.29 is 28.3 Å². The van der Waals surface area contributed by atoms with Crippen LogP contribution in [0.25, 0.3) is 0 Å². The third kappa shape index (κ3) is 2.73. The molecule has 6 nitrogen and oxygen atoms in total. The molecule has 0 unspecified atom stereocenters. The maximum atomic E-state index is 13.9. The number of nitrogens with zero attached hydrogens (tertiary/aromatic N) is 1. The number of benzene rings is 3. The Balaban J connectivity index is 1.54. The molecule has 35 heavy (non-hydrogen) atoms. The molecule has 2 amide bonds. The van der Waals surface area contributed by atoms with Gasteiger partial charge in [0.2, 0.25) is 29.0 Å². The Morgan fingerprint density at radius 2 is 1.43 bits per heavy atom. The van der Waals surface area contributed by atoms with Crippen LogP contribution in [0, 0.1) is 31.5 Å². The standard InChI is InChI=1S/C28H20FNO5/c1-14-7-12-18(13-15(14)2)30-26(33)21-22(27(30)34)28(35-23(21)16-8-10-17(29)11-9-16)24(31)19-5-3-4-6-20(19)25(28)32/h3-13,21-23H,1-2H3/t21-,22+,23+/m0/s1. The number of hydrogen-bond acceptors (Lipinski definition) is 5. The number of Topliss-reactive ketones (excluding diaryl/α,β-unsaturated/α-hetero) is 2. The van der Waals surface area contributed by atoms with E-state index in [1.54, 1.807) is 24.3 Å². The average molecular weight is 469 g/mol. The third-order valence-electron chi connectivity index (χ3n) is 7.47. The van der Waals surface area contributed by atoms with Gasteiger partial charge in [-0.15, -0.1) is 0 Å². The van der Waals surface area contributed by atoms with Gasteiger partial charge in [-0.25, -0.2) is 9.29 Å². The summed E-state index contributed by atoms with van der Waals surface area (Å²) in [6.45, 7) is 3.79. The molecule has 0 radical (unpaired) electrons. The highest BCUT2D eigenvalue weighted by Crippen LogP contribution is 2.57. The number of ketones is 2. The van der Waals surface area contributed by atoms with E-state index < -0.39 is 52.7 Å². The van der Waals surface area contributed by atoms with Crippen molar-refractivity contribution in [3.63, 3.8) is 0 Å². The Bertz CT molecular complexity index is 1430. The number of ether oxygens (including phenoxy) is 1. The Morgan fingerprint density at radius 3 is 2.03 bits per heavy atom. The van der Waals surface area contributed by atoms with Gasteiger partial charge in [-0.05, 0) is 54.8 Å². The largest absolute Gasteiger partial charge is 0.349 e. The zero-order valence-corrected chi connectivity index (χ0v) is 18.9. The monoisotopic (exact) mass is 469 g/mol. The van der Waals surface area contributed by atoms with E-state index in [9.17, 15) is 23.6 Å². The number of carbonyl (C=O) groups excluding carboxylic acids is 4. The zero-order valence-electron chi connectivity index (χ0n) is 18.9. The molecule has 0 saturated carbocycles. The second-order valence-electron chi connectivity index (χ2n) is 9.31. The van der Waals surface area contributed by atoms with E-state index in [-0.39, 0.29) is 11.1 Å². The summed E-state index contributed by atoms with van der Waals surface area (Å²) in [7, 11) is 0. The van der Waals surface area contributed by atoms with E-state index in [0.29, 0.717) is 11.3 Å². The summed E-state index contributed by atoms with van der Waals surface area (Å²) >= 11 is 0. The molecule has 2 heterocycles. The Kier molecular flexibility index (Phi) is 4.47. The van der Waals surface area contributed by atoms with Crippen LogP contribution in [0.2, 0.25) is 0 Å². The molecule has 3 atom stereocenters. The molecule has 0 N–H and O–H groups in total. The first-order valence-electron chi connectivity index (χ1n) is 11.3. The van der Waals surface area contributed by atoms with E-state index >= 15 is 0 Å². The first-order chi connectivity index (χ1) is 16.8. The van der Waals surface area contributed by atoms with Gasteiger partial charge in [-0.3, -0.25) is 19.2 Å². The number of amides is 2. The van der Waals surface area contributed by atoms with E-state index in [1.165, 1.54) is 36.4 Å². The molecule has 174 valence electrons. The number of halogens is 1. The fourth-order valence-corrected chi connectivity index (χ4v) is 5.59. The Morgan fingerprint density at radius 1 is 0.800 bits per heavy atom. The fraction of sp³-hybridized carbons (Fsp3) is 0.214. The minimum Gasteiger partial charge on any atom is -0.349 e. The van der Waals surface area contributed by atoms with Crippen molar-refractivity contribution in [1.29, 1.82) is 0 Å². The maximum Gasteiger partial charge on any atom is 0.241 e. The second-order valence-corrected chi connectivity index (χ2v) is 9.31. The molecule has 0 aromatic heterocycles. The van der Waals surface area contributed by atoms with Crippen molar-refractivity contribution in [3.8, 4) is 0 Å². The Labute approximate surface area is 200 Å². The number of rotatable bonds is 2. The van der Waals surface area contributed by atoms with Crippen molar-refractivity contribution >= 4 is 29.1 Å². The van der Waals surface area contributed by atoms with Crippen LogP contribution in [0.4, 0.5) is 10.1 Å². The molecule has 2 aliphatic heterocycles. The molecule has 1 aliphatic carbocycles. The first kappa shape index (κ1) is 21.6. The third-order valence-corrected chi connectivity index (χ3v) is 7.47. The van der Waals surface area contributed by atoms with Crippen LogP contribution in [-0.2, 0) is 14.3 Å². The van der Waals surface area contributed by atoms with Crippen molar-refractivity contribution in [2.45, 2.75) is 25.6 Å². The summed E-state index contributed by atoms with van der Waals surface area (Å²) in [6.07, 6.45) is -1.07. The first-order valence-corrected chi connectivity index (χ1v) is 11.3. The summed E-state index contributed by atoms with van der Waals surface area (Å²) in [5, 5.41) is 0. The highest BCUT2D eigenvalue weighted by atomic mass is 19.1. The average Bonchev–Trinajstić information content (AvgIpc) is 3.41. The summed E-state index contributed by atoms with van der Waals surface area (Å²) in [5.41, 5.74) is 0.866. The quantitative estimate of drug-likeness (QED) is 0.416. The molecule has 6 rings (SSSR count). The highest BCUT2D eigenvalue weighted by molar-refractivity contribution is 6.37. The predicted molar refractivity (Wildman–Crippen MR) is 123 cm³/mol. The molecule has 2 saturated heterocycles. The maximum absolute atomic E-state index is 13.9. The molecule has 3 aromatic rings. The van der Waals surface area contributed by atoms with Crippen LogP contribution in [0.1, 0.15) is 43.5 Å². The lowest BCUT2D eigenvalue weighted by atomic mass is 9.77. The van der Waals surface area contributed by atoms with Crippen LogP contribution in [-0.4, -0.2) is 29.0 Å². The van der Waals surface area contributed by atoms with Gasteiger partial charge in [0, 0.05) is 11.1 Å². The number of carbonyl (C=O) groups is 4. The molecule has 0 bridgehead atoms. The van der Waals surface area contributed by atoms with Gasteiger partial charge in [0.05, 0.1) is 23.6 Å². The van der Waals surface area contributed by atoms with Crippen molar-refractivity contribution in [1.82, 2.24) is 0 Å². The van der Waals surface area contributed by atoms with Gasteiger partial charge in [-0.2, -0.15) is 0 Å². The highest BCUT2D eigenvalue weighted by Gasteiger charge is 2.74. The predicted octanol–water partition coefficient (Wildman–Crippen LogP) is 4.14. The summed E-state index contributed by atoms with van der Waals surface area (Å²) in [5.74, 6) is -5.38. The van der Waals surface area contributed by atoms with Crippen molar-refractivity contribution in [2.75, 3.05) is 4.90 Å². The number of aryl methyl sites for hydroxylation is 2. The SMILES string of the molecule is Cc1ccc(N2C(=O)[C@@H]3[C@@H](c4ccc(F)cc4)OC4(C(=O)c5ccccc5C4=O)[C@H]3C2=O)cc1C. The van der Waals surface area contributed by atoms with Crippen LogP contribution in [0.3, 0.4) is 0 Å². The summed E-state index contributed by atoms with van der Waals surface area (Å²) < 4.78 is 19.8. The van der Waals surface area contributed by atoms with E-state index in [1.807, 2.05) is 19.9 Å². The number of imide groups is 1. The molecular formula is C28H20FNO5. The lowest BCUT2D eigenvalue weighted by molar-refractivity contribution is -0.127. The number of hydrogen-bond donors (Lipinski definition) is 0. The van der Waals surface area contributed by atoms with Gasteiger partial charge in [0.25, 0.3) is 0 Å². The van der Waals surface area contributed by atoms with Crippen molar-refractivity contribution in [3.05, 3.63) is 100 Å². The lowest BCUT2D eigenvalue weighted by Crippen LogP contribution is -2.51. The van der Waals surface area contributed by atoms with Gasteiger partial charge in [0.15, 0.2) is 0 Å². The van der Waals surface area contributed by atoms with Gasteiger partial charge >= 0.3 is 0 Å². The van der Waals surface area contributed by atoms with Crippen molar-refractivity contribution in [2.24, 2.45) is 11.8 Å². The number of fused-ring (bicyclic) bond motifs is 3. The normalized spacial score (nSPS) is 24.4. The fourth-order valence-electron chi connectivity index (χ4n) is 5.59. The Hall–Kier alpha value is -3.97. The van der Waals surface area contributed by atoms with Gasteiger partial charge in [0.1, 0.15) is 5.82 Å². The van der Waals surface area contributed by atoms with Gasteiger partial charge < -0.3 is 4.74 Å². The van der Waals surface area contributed by atoms with Crippen LogP contribution in [0.15, 0.2) is 66.7 Å². The minimum absolute atomic E-state index is 0.167. The molecule has 1 spiro atoms. The molecular weight excluding hydrogens is 449 g/mol. The summed E-state index contributed by atoms with van der Waals surface area (Å²) in [6, 6.07) is 16.9.